The summed E-state index contributed by atoms with van der Waals surface area (Å²) in [7, 11) is 1.47. The van der Waals surface area contributed by atoms with E-state index in [1.54, 1.807) is 0 Å². The summed E-state index contributed by atoms with van der Waals surface area (Å²) in [5.74, 6) is 0. The number of fused-ring (bicyclic) bond motifs is 1. The van der Waals surface area contributed by atoms with E-state index in [1.807, 2.05) is 4.90 Å². The summed E-state index contributed by atoms with van der Waals surface area (Å²) in [5, 5.41) is 0. The van der Waals surface area contributed by atoms with E-state index in [4.69, 9.17) is 4.74 Å². The van der Waals surface area contributed by atoms with Crippen LogP contribution in [-0.4, -0.2) is 30.7 Å². The molecule has 0 aromatic rings. The van der Waals surface area contributed by atoms with Crippen molar-refractivity contribution in [2.45, 2.75) is 45.1 Å². The molecule has 1 amide bonds. The van der Waals surface area contributed by atoms with Gasteiger partial charge in [-0.25, -0.2) is 4.79 Å². The topological polar surface area (TPSA) is 29.5 Å². The third-order valence-corrected chi connectivity index (χ3v) is 3.99. The fourth-order valence-electron chi connectivity index (χ4n) is 3.07. The smallest absolute Gasteiger partial charge is 0.409 e. The molecule has 2 atom stereocenters. The molecule has 0 spiro atoms. The zero-order valence-electron chi connectivity index (χ0n) is 9.08. The highest BCUT2D eigenvalue weighted by Gasteiger charge is 2.47. The van der Waals surface area contributed by atoms with Crippen molar-refractivity contribution in [3.63, 3.8) is 0 Å². The van der Waals surface area contributed by atoms with Gasteiger partial charge in [-0.05, 0) is 24.7 Å². The molecule has 3 nitrogen and oxygen atoms in total. The maximum Gasteiger partial charge on any atom is 0.409 e. The van der Waals surface area contributed by atoms with Gasteiger partial charge in [-0.2, -0.15) is 0 Å². The molecule has 0 bridgehead atoms. The Morgan fingerprint density at radius 1 is 1.43 bits per heavy atom. The molecular weight excluding hydrogens is 178 g/mol. The monoisotopic (exact) mass is 197 g/mol. The number of likely N-dealkylation sites (tertiary alicyclic amines) is 1. The minimum atomic E-state index is -0.138. The Bertz CT molecular complexity index is 241. The first-order valence-corrected chi connectivity index (χ1v) is 5.52. The van der Waals surface area contributed by atoms with Crippen LogP contribution in [0.3, 0.4) is 0 Å². The number of hydrogen-bond donors (Lipinski definition) is 0. The predicted molar refractivity (Wildman–Crippen MR) is 54.1 cm³/mol. The number of methoxy groups -OCH3 is 1. The van der Waals surface area contributed by atoms with Gasteiger partial charge in [-0.15, -0.1) is 0 Å². The Balaban J connectivity index is 2.13. The van der Waals surface area contributed by atoms with Crippen LogP contribution in [0.4, 0.5) is 4.79 Å². The molecule has 1 aliphatic carbocycles. The average Bonchev–Trinajstić information content (AvgIpc) is 2.54. The molecule has 14 heavy (non-hydrogen) atoms. The van der Waals surface area contributed by atoms with Crippen LogP contribution in [0.15, 0.2) is 0 Å². The Hall–Kier alpha value is -0.730. The lowest BCUT2D eigenvalue weighted by Gasteiger charge is -2.38. The number of amides is 1. The van der Waals surface area contributed by atoms with Gasteiger partial charge in [0.1, 0.15) is 0 Å². The van der Waals surface area contributed by atoms with Crippen LogP contribution in [0.25, 0.3) is 0 Å². The molecule has 0 aromatic carbocycles. The fraction of sp³-hybridized carbons (Fsp3) is 0.909. The molecule has 1 saturated carbocycles. The maximum atomic E-state index is 11.5. The SMILES string of the molecule is COC(=O)N1CC[C@]2(C)CCCC[C@H]12. The lowest BCUT2D eigenvalue weighted by Crippen LogP contribution is -2.43. The van der Waals surface area contributed by atoms with Crippen molar-refractivity contribution in [1.82, 2.24) is 4.90 Å². The van der Waals surface area contributed by atoms with Gasteiger partial charge < -0.3 is 9.64 Å². The van der Waals surface area contributed by atoms with Gasteiger partial charge >= 0.3 is 6.09 Å². The van der Waals surface area contributed by atoms with E-state index in [-0.39, 0.29) is 6.09 Å². The molecule has 1 aliphatic heterocycles. The van der Waals surface area contributed by atoms with E-state index >= 15 is 0 Å². The van der Waals surface area contributed by atoms with E-state index in [1.165, 1.54) is 26.4 Å². The van der Waals surface area contributed by atoms with E-state index in [2.05, 4.69) is 6.92 Å². The third-order valence-electron chi connectivity index (χ3n) is 3.99. The summed E-state index contributed by atoms with van der Waals surface area (Å²) >= 11 is 0. The fourth-order valence-corrected chi connectivity index (χ4v) is 3.07. The minimum absolute atomic E-state index is 0.138. The summed E-state index contributed by atoms with van der Waals surface area (Å²) in [6, 6.07) is 0.434. The summed E-state index contributed by atoms with van der Waals surface area (Å²) in [6.07, 6.45) is 6.01. The van der Waals surface area contributed by atoms with Gasteiger partial charge in [0, 0.05) is 12.6 Å². The van der Waals surface area contributed by atoms with Gasteiger partial charge in [0.15, 0.2) is 0 Å². The molecule has 80 valence electrons. The molecule has 1 heterocycles. The third kappa shape index (κ3) is 1.39. The van der Waals surface area contributed by atoms with E-state index in [0.717, 1.165) is 19.4 Å². The van der Waals surface area contributed by atoms with E-state index in [9.17, 15) is 4.79 Å². The maximum absolute atomic E-state index is 11.5. The molecule has 3 heteroatoms. The van der Waals surface area contributed by atoms with Crippen LogP contribution in [0.1, 0.15) is 39.0 Å². The Labute approximate surface area is 85.4 Å². The molecule has 0 N–H and O–H groups in total. The second-order valence-electron chi connectivity index (χ2n) is 4.83. The van der Waals surface area contributed by atoms with Crippen molar-refractivity contribution in [2.75, 3.05) is 13.7 Å². The minimum Gasteiger partial charge on any atom is -0.453 e. The van der Waals surface area contributed by atoms with Crippen LogP contribution in [0.2, 0.25) is 0 Å². The van der Waals surface area contributed by atoms with Crippen molar-refractivity contribution in [3.8, 4) is 0 Å². The Kier molecular flexibility index (Phi) is 2.41. The van der Waals surface area contributed by atoms with Gasteiger partial charge in [-0.3, -0.25) is 0 Å². The molecule has 0 radical (unpaired) electrons. The van der Waals surface area contributed by atoms with Crippen molar-refractivity contribution in [2.24, 2.45) is 5.41 Å². The number of rotatable bonds is 0. The highest BCUT2D eigenvalue weighted by atomic mass is 16.5. The summed E-state index contributed by atoms with van der Waals surface area (Å²) in [4.78, 5) is 13.4. The average molecular weight is 197 g/mol. The molecular formula is C11H19NO2. The van der Waals surface area contributed by atoms with Crippen LogP contribution < -0.4 is 0 Å². The molecule has 2 fully saturated rings. The Morgan fingerprint density at radius 3 is 2.93 bits per heavy atom. The van der Waals surface area contributed by atoms with Crippen LogP contribution in [-0.2, 0) is 4.74 Å². The highest BCUT2D eigenvalue weighted by molar-refractivity contribution is 5.68. The van der Waals surface area contributed by atoms with Crippen molar-refractivity contribution in [1.29, 1.82) is 0 Å². The van der Waals surface area contributed by atoms with Crippen LogP contribution >= 0.6 is 0 Å². The van der Waals surface area contributed by atoms with Crippen LogP contribution in [0.5, 0.6) is 0 Å². The molecule has 2 aliphatic rings. The summed E-state index contributed by atoms with van der Waals surface area (Å²) in [6.45, 7) is 3.20. The van der Waals surface area contributed by atoms with Crippen LogP contribution in [0, 0.1) is 5.41 Å². The van der Waals surface area contributed by atoms with E-state index in [0.29, 0.717) is 11.5 Å². The molecule has 2 rings (SSSR count). The van der Waals surface area contributed by atoms with E-state index < -0.39 is 0 Å². The summed E-state index contributed by atoms with van der Waals surface area (Å²) < 4.78 is 4.82. The standard InChI is InChI=1S/C11H19NO2/c1-11-6-4-3-5-9(11)12(8-7-11)10(13)14-2/h9H,3-8H2,1-2H3/t9-,11-/m0/s1. The first-order valence-electron chi connectivity index (χ1n) is 5.52. The van der Waals surface area contributed by atoms with Crippen molar-refractivity contribution < 1.29 is 9.53 Å². The Morgan fingerprint density at radius 2 is 2.21 bits per heavy atom. The quantitative estimate of drug-likeness (QED) is 0.597. The van der Waals surface area contributed by atoms with Gasteiger partial charge in [-0.1, -0.05) is 19.8 Å². The van der Waals surface area contributed by atoms with Crippen molar-refractivity contribution in [3.05, 3.63) is 0 Å². The van der Waals surface area contributed by atoms with Gasteiger partial charge in [0.25, 0.3) is 0 Å². The lowest BCUT2D eigenvalue weighted by molar-refractivity contribution is 0.0843. The first kappa shape index (κ1) is 9.81. The molecule has 1 saturated heterocycles. The van der Waals surface area contributed by atoms with Gasteiger partial charge in [0.05, 0.1) is 7.11 Å². The molecule has 0 unspecified atom stereocenters. The zero-order valence-corrected chi connectivity index (χ0v) is 9.08. The normalized spacial score (nSPS) is 36.7. The number of carbonyl (C=O) groups is 1. The zero-order chi connectivity index (χ0) is 10.2. The highest BCUT2D eigenvalue weighted by Crippen LogP contribution is 2.46. The number of nitrogens with zero attached hydrogens (tertiary/aromatic N) is 1. The number of ether oxygens (including phenoxy) is 1. The number of hydrogen-bond acceptors (Lipinski definition) is 2. The van der Waals surface area contributed by atoms with Crippen molar-refractivity contribution >= 4 is 6.09 Å². The summed E-state index contributed by atoms with van der Waals surface area (Å²) in [5.41, 5.74) is 0.367. The molecule has 0 aromatic heterocycles. The second kappa shape index (κ2) is 3.44. The number of carbonyl (C=O) groups excluding carboxylic acids is 1. The predicted octanol–water partition coefficient (Wildman–Crippen LogP) is 2.41. The lowest BCUT2D eigenvalue weighted by atomic mass is 9.72. The second-order valence-corrected chi connectivity index (χ2v) is 4.83. The largest absolute Gasteiger partial charge is 0.453 e. The van der Waals surface area contributed by atoms with Gasteiger partial charge in [0.2, 0.25) is 0 Å². The first-order chi connectivity index (χ1) is 6.67.